The van der Waals surface area contributed by atoms with Crippen LogP contribution in [0.25, 0.3) is 11.2 Å². The van der Waals surface area contributed by atoms with Crippen LogP contribution in [0.15, 0.2) is 0 Å². The lowest BCUT2D eigenvalue weighted by Crippen LogP contribution is -2.11. The van der Waals surface area contributed by atoms with Gasteiger partial charge in [0.2, 0.25) is 5.95 Å². The Balaban J connectivity index is 2.75. The molecule has 2 aromatic heterocycles. The number of aromatic nitrogens is 4. The van der Waals surface area contributed by atoms with Gasteiger partial charge in [-0.3, -0.25) is 5.43 Å². The third kappa shape index (κ3) is 1.20. The molecule has 0 spiro atoms. The van der Waals surface area contributed by atoms with Crippen molar-refractivity contribution in [2.24, 2.45) is 5.84 Å². The highest BCUT2D eigenvalue weighted by Gasteiger charge is 2.06. The molecule has 4 N–H and O–H groups in total. The standard InChI is InChI=1S/C7H10N6/c1-3-5-6(11-4(2)10-5)12-7(9-3)13-8/h8H2,1-2H3,(H2,9,10,11,12,13). The number of hydrogen-bond donors (Lipinski definition) is 3. The molecule has 68 valence electrons. The predicted octanol–water partition coefficient (Wildman–Crippen LogP) is 0.255. The van der Waals surface area contributed by atoms with Crippen molar-refractivity contribution in [3.8, 4) is 0 Å². The van der Waals surface area contributed by atoms with Crippen LogP contribution in [0, 0.1) is 13.8 Å². The van der Waals surface area contributed by atoms with E-state index < -0.39 is 0 Å². The zero-order valence-electron chi connectivity index (χ0n) is 7.42. The Morgan fingerprint density at radius 2 is 2.00 bits per heavy atom. The first-order chi connectivity index (χ1) is 6.20. The zero-order chi connectivity index (χ0) is 9.42. The maximum Gasteiger partial charge on any atom is 0.239 e. The van der Waals surface area contributed by atoms with Crippen LogP contribution in [0.5, 0.6) is 0 Å². The second-order valence-corrected chi connectivity index (χ2v) is 2.80. The molecule has 0 aliphatic carbocycles. The van der Waals surface area contributed by atoms with Crippen LogP contribution in [0.2, 0.25) is 0 Å². The number of hydrogen-bond acceptors (Lipinski definition) is 5. The number of aromatic amines is 1. The molecule has 0 radical (unpaired) electrons. The lowest BCUT2D eigenvalue weighted by Gasteiger charge is -1.98. The fourth-order valence-electron chi connectivity index (χ4n) is 1.22. The van der Waals surface area contributed by atoms with Gasteiger partial charge in [0.05, 0.1) is 5.69 Å². The molecule has 2 aromatic rings. The summed E-state index contributed by atoms with van der Waals surface area (Å²) in [5.74, 6) is 6.43. The molecule has 2 rings (SSSR count). The smallest absolute Gasteiger partial charge is 0.239 e. The fourth-order valence-corrected chi connectivity index (χ4v) is 1.22. The van der Waals surface area contributed by atoms with Crippen molar-refractivity contribution in [2.45, 2.75) is 13.8 Å². The third-order valence-electron chi connectivity index (χ3n) is 1.77. The minimum Gasteiger partial charge on any atom is -0.327 e. The Morgan fingerprint density at radius 1 is 1.23 bits per heavy atom. The average Bonchev–Trinajstić information content (AvgIpc) is 2.46. The summed E-state index contributed by atoms with van der Waals surface area (Å²) in [7, 11) is 0. The second kappa shape index (κ2) is 2.67. The van der Waals surface area contributed by atoms with Crippen molar-refractivity contribution in [1.29, 1.82) is 0 Å². The molecule has 0 bridgehead atoms. The number of rotatable bonds is 1. The summed E-state index contributed by atoms with van der Waals surface area (Å²) >= 11 is 0. The number of fused-ring (bicyclic) bond motifs is 1. The monoisotopic (exact) mass is 178 g/mol. The molecule has 13 heavy (non-hydrogen) atoms. The van der Waals surface area contributed by atoms with Gasteiger partial charge in [-0.15, -0.1) is 0 Å². The first kappa shape index (κ1) is 7.93. The van der Waals surface area contributed by atoms with Gasteiger partial charge in [0.15, 0.2) is 5.65 Å². The Hall–Kier alpha value is -1.69. The summed E-state index contributed by atoms with van der Waals surface area (Å²) in [4.78, 5) is 15.5. The van der Waals surface area contributed by atoms with Gasteiger partial charge >= 0.3 is 0 Å². The van der Waals surface area contributed by atoms with E-state index in [1.54, 1.807) is 0 Å². The van der Waals surface area contributed by atoms with Crippen molar-refractivity contribution in [1.82, 2.24) is 19.9 Å². The van der Waals surface area contributed by atoms with Crippen LogP contribution < -0.4 is 11.3 Å². The Morgan fingerprint density at radius 3 is 2.69 bits per heavy atom. The van der Waals surface area contributed by atoms with E-state index in [9.17, 15) is 0 Å². The van der Waals surface area contributed by atoms with Crippen LogP contribution in [-0.4, -0.2) is 19.9 Å². The molecule has 0 aliphatic rings. The molecule has 0 saturated heterocycles. The molecular weight excluding hydrogens is 168 g/mol. The number of hydrazine groups is 1. The maximum absolute atomic E-state index is 5.21. The molecule has 6 nitrogen and oxygen atoms in total. The number of aryl methyl sites for hydroxylation is 2. The number of anilines is 1. The average molecular weight is 178 g/mol. The number of nitrogens with zero attached hydrogens (tertiary/aromatic N) is 3. The Labute approximate surface area is 74.6 Å². The first-order valence-electron chi connectivity index (χ1n) is 3.88. The molecule has 6 heteroatoms. The van der Waals surface area contributed by atoms with E-state index in [4.69, 9.17) is 5.84 Å². The molecule has 0 aromatic carbocycles. The molecule has 0 aliphatic heterocycles. The first-order valence-corrected chi connectivity index (χ1v) is 3.88. The minimum absolute atomic E-state index is 0.397. The van der Waals surface area contributed by atoms with Crippen molar-refractivity contribution in [3.63, 3.8) is 0 Å². The van der Waals surface area contributed by atoms with E-state index in [1.807, 2.05) is 13.8 Å². The minimum atomic E-state index is 0.397. The number of imidazole rings is 1. The molecule has 0 fully saturated rings. The molecular formula is C7H10N6. The molecule has 0 atom stereocenters. The topological polar surface area (TPSA) is 92.5 Å². The summed E-state index contributed by atoms with van der Waals surface area (Å²) in [5, 5.41) is 0. The second-order valence-electron chi connectivity index (χ2n) is 2.80. The summed E-state index contributed by atoms with van der Waals surface area (Å²) in [6, 6.07) is 0. The number of nitrogens with two attached hydrogens (primary N) is 1. The highest BCUT2D eigenvalue weighted by molar-refractivity contribution is 5.74. The van der Waals surface area contributed by atoms with E-state index in [0.29, 0.717) is 11.6 Å². The number of nitrogens with one attached hydrogen (secondary N) is 2. The van der Waals surface area contributed by atoms with Crippen LogP contribution in [0.3, 0.4) is 0 Å². The van der Waals surface area contributed by atoms with Crippen LogP contribution in [-0.2, 0) is 0 Å². The zero-order valence-corrected chi connectivity index (χ0v) is 7.42. The normalized spacial score (nSPS) is 10.7. The lowest BCUT2D eigenvalue weighted by molar-refractivity contribution is 1.10. The Kier molecular flexibility index (Phi) is 1.63. The van der Waals surface area contributed by atoms with Crippen molar-refractivity contribution >= 4 is 17.1 Å². The molecule has 0 amide bonds. The van der Waals surface area contributed by atoms with Gasteiger partial charge in [0, 0.05) is 0 Å². The highest BCUT2D eigenvalue weighted by Crippen LogP contribution is 2.13. The van der Waals surface area contributed by atoms with Crippen molar-refractivity contribution < 1.29 is 0 Å². The Bertz CT molecular complexity index is 445. The molecule has 0 saturated carbocycles. The van der Waals surface area contributed by atoms with Gasteiger partial charge in [0.25, 0.3) is 0 Å². The lowest BCUT2D eigenvalue weighted by atomic mass is 10.4. The van der Waals surface area contributed by atoms with Gasteiger partial charge in [-0.25, -0.2) is 15.8 Å². The van der Waals surface area contributed by atoms with Gasteiger partial charge < -0.3 is 4.98 Å². The molecule has 0 unspecified atom stereocenters. The van der Waals surface area contributed by atoms with Crippen LogP contribution >= 0.6 is 0 Å². The third-order valence-corrected chi connectivity index (χ3v) is 1.77. The van der Waals surface area contributed by atoms with Crippen LogP contribution in [0.1, 0.15) is 11.5 Å². The maximum atomic E-state index is 5.21. The largest absolute Gasteiger partial charge is 0.327 e. The summed E-state index contributed by atoms with van der Waals surface area (Å²) in [6.07, 6.45) is 0. The van der Waals surface area contributed by atoms with E-state index in [2.05, 4.69) is 25.4 Å². The van der Waals surface area contributed by atoms with E-state index in [1.165, 1.54) is 0 Å². The van der Waals surface area contributed by atoms with Crippen LogP contribution in [0.4, 0.5) is 5.95 Å². The van der Waals surface area contributed by atoms with Crippen molar-refractivity contribution in [3.05, 3.63) is 11.5 Å². The summed E-state index contributed by atoms with van der Waals surface area (Å²) in [6.45, 7) is 3.74. The SMILES string of the molecule is Cc1nc2c(C)nc(NN)nc2[nH]1. The van der Waals surface area contributed by atoms with E-state index >= 15 is 0 Å². The summed E-state index contributed by atoms with van der Waals surface area (Å²) in [5.41, 5.74) is 4.70. The van der Waals surface area contributed by atoms with Gasteiger partial charge in [0.1, 0.15) is 11.3 Å². The quantitative estimate of drug-likeness (QED) is 0.430. The van der Waals surface area contributed by atoms with E-state index in [-0.39, 0.29) is 0 Å². The highest BCUT2D eigenvalue weighted by atomic mass is 15.3. The van der Waals surface area contributed by atoms with Gasteiger partial charge in [-0.05, 0) is 13.8 Å². The summed E-state index contributed by atoms with van der Waals surface area (Å²) < 4.78 is 0. The van der Waals surface area contributed by atoms with Gasteiger partial charge in [-0.1, -0.05) is 0 Å². The number of H-pyrrole nitrogens is 1. The predicted molar refractivity (Wildman–Crippen MR) is 49.0 cm³/mol. The van der Waals surface area contributed by atoms with E-state index in [0.717, 1.165) is 17.0 Å². The number of nitrogen functional groups attached to an aromatic ring is 1. The van der Waals surface area contributed by atoms with Crippen molar-refractivity contribution in [2.75, 3.05) is 5.43 Å². The fraction of sp³-hybridized carbons (Fsp3) is 0.286. The molecule has 2 heterocycles. The van der Waals surface area contributed by atoms with Gasteiger partial charge in [-0.2, -0.15) is 4.98 Å².